The van der Waals surface area contributed by atoms with E-state index in [0.717, 1.165) is 7.11 Å². The van der Waals surface area contributed by atoms with Crippen molar-refractivity contribution < 1.29 is 48.0 Å². The first-order valence-electron chi connectivity index (χ1n) is 14.4. The van der Waals surface area contributed by atoms with Crippen LogP contribution in [0.4, 0.5) is 0 Å². The molecule has 1 aromatic heterocycles. The van der Waals surface area contributed by atoms with Gasteiger partial charge in [-0.25, -0.2) is 9.59 Å². The summed E-state index contributed by atoms with van der Waals surface area (Å²) in [6, 6.07) is 1.75. The lowest BCUT2D eigenvalue weighted by molar-refractivity contribution is -0.235. The van der Waals surface area contributed by atoms with Crippen LogP contribution in [0.15, 0.2) is 46.3 Å². The van der Waals surface area contributed by atoms with Crippen molar-refractivity contribution in [2.24, 2.45) is 34.0 Å². The number of fused-ring (bicyclic) bond motifs is 6. The Balaban J connectivity index is 1.73. The molecule has 228 valence electrons. The summed E-state index contributed by atoms with van der Waals surface area (Å²) in [5.41, 5.74) is -4.00. The molecule has 2 heterocycles. The summed E-state index contributed by atoms with van der Waals surface area (Å²) in [6.45, 7) is 10.3. The number of aliphatic hydroxyl groups excluding tert-OH is 1. The lowest BCUT2D eigenvalue weighted by Crippen LogP contribution is -2.76. The number of methoxy groups -OCH3 is 1. The molecule has 9 atom stereocenters. The Labute approximate surface area is 245 Å². The highest BCUT2D eigenvalue weighted by atomic mass is 16.6. The minimum Gasteiger partial charge on any atom is -0.472 e. The van der Waals surface area contributed by atoms with Crippen LogP contribution in [0, 0.1) is 34.0 Å². The van der Waals surface area contributed by atoms with E-state index >= 15 is 0 Å². The highest BCUT2D eigenvalue weighted by molar-refractivity contribution is 6.00. The number of cyclic esters (lactones) is 1. The largest absolute Gasteiger partial charge is 0.472 e. The van der Waals surface area contributed by atoms with Crippen molar-refractivity contribution in [1.82, 2.24) is 0 Å². The van der Waals surface area contributed by atoms with Gasteiger partial charge in [0.2, 0.25) is 0 Å². The quantitative estimate of drug-likeness (QED) is 0.227. The Morgan fingerprint density at radius 2 is 1.86 bits per heavy atom. The molecule has 2 saturated carbocycles. The summed E-state index contributed by atoms with van der Waals surface area (Å²) in [6.07, 6.45) is 3.32. The molecular weight excluding hydrogens is 544 g/mol. The van der Waals surface area contributed by atoms with Gasteiger partial charge in [0.05, 0.1) is 26.1 Å². The van der Waals surface area contributed by atoms with Gasteiger partial charge in [0.25, 0.3) is 0 Å². The van der Waals surface area contributed by atoms with E-state index in [2.05, 4.69) is 0 Å². The van der Waals surface area contributed by atoms with Gasteiger partial charge in [0.1, 0.15) is 12.2 Å². The predicted molar refractivity (Wildman–Crippen MR) is 147 cm³/mol. The molecule has 4 aliphatic rings. The molecule has 2 bridgehead atoms. The first kappa shape index (κ1) is 30.2. The molecule has 1 aromatic rings. The number of hydrogen-bond donors (Lipinski definition) is 2. The Morgan fingerprint density at radius 3 is 2.45 bits per heavy atom. The molecule has 3 fully saturated rings. The highest BCUT2D eigenvalue weighted by Crippen LogP contribution is 2.69. The van der Waals surface area contributed by atoms with E-state index in [0.29, 0.717) is 24.0 Å². The zero-order valence-corrected chi connectivity index (χ0v) is 25.1. The van der Waals surface area contributed by atoms with E-state index < -0.39 is 81.6 Å². The molecule has 42 heavy (non-hydrogen) atoms. The van der Waals surface area contributed by atoms with Gasteiger partial charge in [-0.15, -0.1) is 0 Å². The third-order valence-corrected chi connectivity index (χ3v) is 10.9. The van der Waals surface area contributed by atoms with Crippen LogP contribution in [0.5, 0.6) is 0 Å². The third kappa shape index (κ3) is 3.97. The lowest BCUT2D eigenvalue weighted by atomic mass is 9.39. The highest BCUT2D eigenvalue weighted by Gasteiger charge is 2.75. The van der Waals surface area contributed by atoms with Gasteiger partial charge in [0.15, 0.2) is 17.5 Å². The first-order chi connectivity index (χ1) is 19.6. The molecule has 10 nitrogen and oxygen atoms in total. The number of carbonyl (C=O) groups excluding carboxylic acids is 4. The summed E-state index contributed by atoms with van der Waals surface area (Å²) < 4.78 is 22.0. The molecule has 0 amide bonds. The van der Waals surface area contributed by atoms with Gasteiger partial charge in [0, 0.05) is 33.3 Å². The summed E-state index contributed by atoms with van der Waals surface area (Å²) in [4.78, 5) is 53.6. The average Bonchev–Trinajstić information content (AvgIpc) is 3.47. The van der Waals surface area contributed by atoms with Gasteiger partial charge >= 0.3 is 17.9 Å². The van der Waals surface area contributed by atoms with Crippen LogP contribution < -0.4 is 0 Å². The van der Waals surface area contributed by atoms with E-state index in [1.165, 1.54) is 12.3 Å². The molecule has 2 N–H and O–H groups in total. The molecule has 0 unspecified atom stereocenters. The number of carbonyl (C=O) groups is 4. The Bertz CT molecular complexity index is 1370. The van der Waals surface area contributed by atoms with Crippen molar-refractivity contribution in [3.05, 3.63) is 47.5 Å². The molecular formula is C32H40O10. The number of rotatable bonds is 5. The van der Waals surface area contributed by atoms with Crippen LogP contribution in [0.25, 0.3) is 0 Å². The molecule has 3 aliphatic carbocycles. The van der Waals surface area contributed by atoms with Crippen molar-refractivity contribution >= 4 is 23.7 Å². The van der Waals surface area contributed by atoms with Gasteiger partial charge in [-0.3, -0.25) is 9.59 Å². The number of ketones is 1. The van der Waals surface area contributed by atoms with Gasteiger partial charge < -0.3 is 28.8 Å². The summed E-state index contributed by atoms with van der Waals surface area (Å²) >= 11 is 0. The summed E-state index contributed by atoms with van der Waals surface area (Å²) in [5.74, 6) is -4.80. The lowest BCUT2D eigenvalue weighted by Gasteiger charge is -2.66. The number of esters is 3. The van der Waals surface area contributed by atoms with E-state index in [1.807, 2.05) is 6.92 Å². The number of hydrogen-bond acceptors (Lipinski definition) is 10. The standard InChI is InChI=1S/C32H40O10/c1-8-16(2)25(35)42-28-29(3,4)23(22(34)26(36)39-7)31(6)19-9-11-30(5)20(18(19)14-32(28,38)27(31)37)13-21(33)41-24(30)17-10-12-40-15-17/h8,10,12,14-15,19-20,22-24,28,34,38H,9,11,13H2,1-7H3/b16-8+/t19-,20-,22-,23-,24-,28-,30+,31+,32-/m0/s1. The minimum atomic E-state index is -2.29. The second kappa shape index (κ2) is 9.91. The van der Waals surface area contributed by atoms with E-state index in [4.69, 9.17) is 18.6 Å². The fraction of sp³-hybridized carbons (Fsp3) is 0.625. The maximum absolute atomic E-state index is 14.5. The van der Waals surface area contributed by atoms with Crippen molar-refractivity contribution in [2.45, 2.75) is 84.7 Å². The second-order valence-corrected chi connectivity index (χ2v) is 13.4. The molecule has 5 rings (SSSR count). The average molecular weight is 585 g/mol. The monoisotopic (exact) mass is 584 g/mol. The topological polar surface area (TPSA) is 150 Å². The fourth-order valence-electron chi connectivity index (χ4n) is 8.80. The Hall–Kier alpha value is -3.24. The van der Waals surface area contributed by atoms with E-state index in [1.54, 1.807) is 53.0 Å². The smallest absolute Gasteiger partial charge is 0.335 e. The van der Waals surface area contributed by atoms with Crippen molar-refractivity contribution in [3.63, 3.8) is 0 Å². The molecule has 0 radical (unpaired) electrons. The van der Waals surface area contributed by atoms with Gasteiger partial charge in [-0.05, 0) is 50.7 Å². The molecule has 1 saturated heterocycles. The van der Waals surface area contributed by atoms with Crippen LogP contribution in [0.3, 0.4) is 0 Å². The van der Waals surface area contributed by atoms with Crippen molar-refractivity contribution in [2.75, 3.05) is 7.11 Å². The number of Topliss-reactive ketones (excluding diaryl/α,β-unsaturated/α-hetero) is 1. The Kier molecular flexibility index (Phi) is 7.13. The molecule has 10 heteroatoms. The van der Waals surface area contributed by atoms with E-state index in [9.17, 15) is 29.4 Å². The molecule has 1 aliphatic heterocycles. The number of ether oxygens (including phenoxy) is 3. The van der Waals surface area contributed by atoms with Crippen LogP contribution in [-0.4, -0.2) is 58.8 Å². The van der Waals surface area contributed by atoms with Gasteiger partial charge in [-0.1, -0.05) is 39.3 Å². The van der Waals surface area contributed by atoms with Crippen molar-refractivity contribution in [3.8, 4) is 0 Å². The number of furan rings is 1. The van der Waals surface area contributed by atoms with Gasteiger partial charge in [-0.2, -0.15) is 0 Å². The fourth-order valence-corrected chi connectivity index (χ4v) is 8.80. The van der Waals surface area contributed by atoms with Crippen LogP contribution in [0.2, 0.25) is 0 Å². The second-order valence-electron chi connectivity index (χ2n) is 13.4. The maximum Gasteiger partial charge on any atom is 0.335 e. The predicted octanol–water partition coefficient (Wildman–Crippen LogP) is 3.61. The van der Waals surface area contributed by atoms with Crippen LogP contribution >= 0.6 is 0 Å². The zero-order chi connectivity index (χ0) is 31.0. The normalized spacial score (nSPS) is 39.7. The van der Waals surface area contributed by atoms with Crippen LogP contribution in [0.1, 0.15) is 72.5 Å². The summed E-state index contributed by atoms with van der Waals surface area (Å²) in [7, 11) is 1.15. The summed E-state index contributed by atoms with van der Waals surface area (Å²) in [5, 5.41) is 23.9. The zero-order valence-electron chi connectivity index (χ0n) is 25.1. The maximum atomic E-state index is 14.5. The SMILES string of the molecule is C/C=C(\C)C(=O)O[C@H]1C(C)(C)[C@H]([C@H](O)C(=O)OC)[C@]2(C)C(=O)[C@@]1(O)C=C1[C@@H]3CC(=O)O[C@@H](c4ccoc4)[C@]3(C)CC[C@@H]12. The Morgan fingerprint density at radius 1 is 1.17 bits per heavy atom. The van der Waals surface area contributed by atoms with Crippen LogP contribution in [-0.2, 0) is 33.4 Å². The first-order valence-corrected chi connectivity index (χ1v) is 14.4. The number of aliphatic hydroxyl groups is 2. The van der Waals surface area contributed by atoms with E-state index in [-0.39, 0.29) is 12.0 Å². The number of allylic oxidation sites excluding steroid dienone is 2. The third-order valence-electron chi connectivity index (χ3n) is 10.9. The molecule has 0 aromatic carbocycles. The minimum absolute atomic E-state index is 0.0171. The molecule has 0 spiro atoms. The van der Waals surface area contributed by atoms with Crippen molar-refractivity contribution in [1.29, 1.82) is 0 Å².